The van der Waals surface area contributed by atoms with Gasteiger partial charge in [0.1, 0.15) is 24.1 Å². The number of nitrogens with zero attached hydrogens (tertiary/aromatic N) is 2. The predicted octanol–water partition coefficient (Wildman–Crippen LogP) is -4.64. The molecule has 7 atom stereocenters. The summed E-state index contributed by atoms with van der Waals surface area (Å²) in [5, 5.41) is 38.4. The van der Waals surface area contributed by atoms with Gasteiger partial charge in [0.05, 0.1) is 24.8 Å². The van der Waals surface area contributed by atoms with E-state index in [2.05, 4.69) is 20.9 Å². The lowest BCUT2D eigenvalue weighted by Crippen LogP contribution is -2.66. The maximum atomic E-state index is 12.7. The van der Waals surface area contributed by atoms with Crippen LogP contribution in [0.3, 0.4) is 0 Å². The molecule has 180 valence electrons. The fourth-order valence-electron chi connectivity index (χ4n) is 3.43. The van der Waals surface area contributed by atoms with Gasteiger partial charge in [0.15, 0.2) is 6.23 Å². The van der Waals surface area contributed by atoms with E-state index in [0.717, 1.165) is 4.57 Å². The van der Waals surface area contributed by atoms with Crippen molar-refractivity contribution in [2.24, 2.45) is 5.73 Å². The number of hydrogen-bond acceptors (Lipinski definition) is 11. The molecular weight excluding hydrogens is 426 g/mol. The van der Waals surface area contributed by atoms with Crippen LogP contribution < -0.4 is 33.1 Å². The van der Waals surface area contributed by atoms with Crippen LogP contribution in [-0.2, 0) is 14.3 Å². The highest BCUT2D eigenvalue weighted by Crippen LogP contribution is 2.27. The molecule has 10 N–H and O–H groups in total. The Morgan fingerprint density at radius 2 is 1.97 bits per heavy atom. The second kappa shape index (κ2) is 11.3. The molecule has 1 fully saturated rings. The van der Waals surface area contributed by atoms with Crippen molar-refractivity contribution in [1.29, 1.82) is 0 Å². The minimum atomic E-state index is -1.64. The highest BCUT2D eigenvalue weighted by atomic mass is 16.5. The lowest BCUT2D eigenvalue weighted by molar-refractivity contribution is -0.211. The van der Waals surface area contributed by atoms with Gasteiger partial charge in [-0.2, -0.15) is 4.98 Å². The third-order valence-electron chi connectivity index (χ3n) is 5.28. The number of likely N-dealkylation sites (N-methyl/N-ethyl adjacent to an activating group) is 1. The average Bonchev–Trinajstić information content (AvgIpc) is 2.76. The van der Waals surface area contributed by atoms with Gasteiger partial charge in [0, 0.05) is 12.7 Å². The zero-order valence-corrected chi connectivity index (χ0v) is 17.8. The molecule has 0 spiro atoms. The highest BCUT2D eigenvalue weighted by molar-refractivity contribution is 5.90. The van der Waals surface area contributed by atoms with E-state index >= 15 is 0 Å². The Hall–Kier alpha value is -2.62. The first kappa shape index (κ1) is 25.6. The molecule has 1 aliphatic heterocycles. The van der Waals surface area contributed by atoms with Gasteiger partial charge in [-0.1, -0.05) is 6.92 Å². The molecule has 2 rings (SSSR count). The lowest BCUT2D eigenvalue weighted by Gasteiger charge is -2.43. The average molecular weight is 457 g/mol. The van der Waals surface area contributed by atoms with Crippen LogP contribution in [0, 0.1) is 0 Å². The molecule has 0 aromatic carbocycles. The molecule has 1 saturated heterocycles. The number of nitrogen functional groups attached to an aromatic ring is 1. The van der Waals surface area contributed by atoms with Gasteiger partial charge in [-0.05, 0) is 19.5 Å². The van der Waals surface area contributed by atoms with Gasteiger partial charge in [-0.3, -0.25) is 14.2 Å². The number of anilines is 1. The lowest BCUT2D eigenvalue weighted by atomic mass is 9.94. The quantitative estimate of drug-likeness (QED) is 0.176. The van der Waals surface area contributed by atoms with E-state index in [1.54, 1.807) is 14.0 Å². The van der Waals surface area contributed by atoms with Crippen LogP contribution in [0.4, 0.5) is 5.82 Å². The van der Waals surface area contributed by atoms with Crippen molar-refractivity contribution < 1.29 is 29.6 Å². The fourth-order valence-corrected chi connectivity index (χ4v) is 3.43. The number of nitrogens with one attached hydrogen (secondary N) is 3. The van der Waals surface area contributed by atoms with E-state index in [9.17, 15) is 29.7 Å². The Kier molecular flexibility index (Phi) is 9.06. The van der Waals surface area contributed by atoms with Crippen LogP contribution >= 0.6 is 0 Å². The summed E-state index contributed by atoms with van der Waals surface area (Å²) in [5.74, 6) is -1.33. The summed E-state index contributed by atoms with van der Waals surface area (Å²) in [6.07, 6.45) is -3.86. The van der Waals surface area contributed by atoms with Crippen LogP contribution in [0.25, 0.3) is 0 Å². The van der Waals surface area contributed by atoms with E-state index in [1.165, 1.54) is 12.3 Å². The van der Waals surface area contributed by atoms with Crippen molar-refractivity contribution in [2.75, 3.05) is 25.9 Å². The highest BCUT2D eigenvalue weighted by Gasteiger charge is 2.46. The molecule has 14 heteroatoms. The molecule has 2 heterocycles. The number of ether oxygens (including phenoxy) is 1. The van der Waals surface area contributed by atoms with Gasteiger partial charge in [0.2, 0.25) is 11.8 Å². The van der Waals surface area contributed by atoms with Gasteiger partial charge in [-0.15, -0.1) is 0 Å². The van der Waals surface area contributed by atoms with Crippen molar-refractivity contribution in [3.63, 3.8) is 0 Å². The van der Waals surface area contributed by atoms with Crippen LogP contribution in [0.2, 0.25) is 0 Å². The van der Waals surface area contributed by atoms with Crippen LogP contribution in [0.5, 0.6) is 0 Å². The Morgan fingerprint density at radius 1 is 1.28 bits per heavy atom. The summed E-state index contributed by atoms with van der Waals surface area (Å²) in [5.41, 5.74) is 10.4. The predicted molar refractivity (Wildman–Crippen MR) is 112 cm³/mol. The molecule has 0 saturated carbocycles. The number of carbonyl (C=O) groups excluding carboxylic acids is 2. The monoisotopic (exact) mass is 457 g/mol. The minimum absolute atomic E-state index is 0.0294. The Bertz CT molecular complexity index is 845. The standard InChI is InChI=1S/C18H31N7O7/c1-3-8(21-2)15(29)22-9(7-26)16(30)24-12-10(6-19)32-17(14(28)13(12)27)25-5-4-11(20)23-18(25)31/h4-5,8-10,12-14,17,21,26-28H,3,6-7,19H2,1-2H3,(H,22,29)(H,24,30)(H2,20,23,31). The van der Waals surface area contributed by atoms with Crippen molar-refractivity contribution in [1.82, 2.24) is 25.5 Å². The fraction of sp³-hybridized carbons (Fsp3) is 0.667. The molecule has 1 aromatic rings. The second-order valence-electron chi connectivity index (χ2n) is 7.35. The molecule has 32 heavy (non-hydrogen) atoms. The Labute approximate surface area is 183 Å². The SMILES string of the molecule is CCC(NC)C(=O)NC(CO)C(=O)NC1C(CN)OC(n2ccc(N)nc2=O)C(O)C1O. The van der Waals surface area contributed by atoms with E-state index in [1.807, 2.05) is 0 Å². The normalized spacial score (nSPS) is 27.4. The third-order valence-corrected chi connectivity index (χ3v) is 5.28. The van der Waals surface area contributed by atoms with E-state index in [0.29, 0.717) is 6.42 Å². The molecule has 14 nitrogen and oxygen atoms in total. The maximum Gasteiger partial charge on any atom is 0.351 e. The molecule has 1 aromatic heterocycles. The zero-order valence-electron chi connectivity index (χ0n) is 17.8. The molecule has 7 unspecified atom stereocenters. The van der Waals surface area contributed by atoms with Gasteiger partial charge in [-0.25, -0.2) is 4.79 Å². The molecular formula is C18H31N7O7. The molecule has 2 amide bonds. The van der Waals surface area contributed by atoms with E-state index in [4.69, 9.17) is 16.2 Å². The third kappa shape index (κ3) is 5.59. The first-order valence-corrected chi connectivity index (χ1v) is 10.1. The minimum Gasteiger partial charge on any atom is -0.394 e. The summed E-state index contributed by atoms with van der Waals surface area (Å²) < 4.78 is 6.63. The number of rotatable bonds is 9. The first-order valence-electron chi connectivity index (χ1n) is 10.1. The van der Waals surface area contributed by atoms with Gasteiger partial charge < -0.3 is 47.5 Å². The number of nitrogens with two attached hydrogens (primary N) is 2. The number of hydrogen-bond donors (Lipinski definition) is 8. The number of aliphatic hydroxyl groups is 3. The Balaban J connectivity index is 2.16. The van der Waals surface area contributed by atoms with Gasteiger partial charge >= 0.3 is 5.69 Å². The van der Waals surface area contributed by atoms with Crippen molar-refractivity contribution >= 4 is 17.6 Å². The summed E-state index contributed by atoms with van der Waals surface area (Å²) in [7, 11) is 1.59. The number of aliphatic hydroxyl groups excluding tert-OH is 3. The number of aromatic nitrogens is 2. The van der Waals surface area contributed by atoms with Crippen LogP contribution in [0.1, 0.15) is 19.6 Å². The molecule has 0 aliphatic carbocycles. The summed E-state index contributed by atoms with van der Waals surface area (Å²) in [4.78, 5) is 40.5. The second-order valence-corrected chi connectivity index (χ2v) is 7.35. The molecule has 0 radical (unpaired) electrons. The van der Waals surface area contributed by atoms with Gasteiger partial charge in [0.25, 0.3) is 0 Å². The smallest absolute Gasteiger partial charge is 0.351 e. The topological polar surface area (TPSA) is 227 Å². The van der Waals surface area contributed by atoms with Crippen molar-refractivity contribution in [3.05, 3.63) is 22.7 Å². The van der Waals surface area contributed by atoms with Crippen LogP contribution in [0.15, 0.2) is 17.1 Å². The maximum absolute atomic E-state index is 12.7. The summed E-state index contributed by atoms with van der Waals surface area (Å²) >= 11 is 0. The summed E-state index contributed by atoms with van der Waals surface area (Å²) in [6, 6.07) is -1.74. The largest absolute Gasteiger partial charge is 0.394 e. The first-order chi connectivity index (χ1) is 15.2. The number of amides is 2. The number of carbonyl (C=O) groups is 2. The molecule has 0 bridgehead atoms. The van der Waals surface area contributed by atoms with Crippen molar-refractivity contribution in [3.8, 4) is 0 Å². The summed E-state index contributed by atoms with van der Waals surface area (Å²) in [6.45, 7) is 0.888. The van der Waals surface area contributed by atoms with Crippen molar-refractivity contribution in [2.45, 2.75) is 56.0 Å². The Morgan fingerprint density at radius 3 is 2.50 bits per heavy atom. The molecule has 1 aliphatic rings. The van der Waals surface area contributed by atoms with E-state index < -0.39 is 66.8 Å². The van der Waals surface area contributed by atoms with Crippen LogP contribution in [-0.4, -0.2) is 93.3 Å². The zero-order chi connectivity index (χ0) is 24.0. The van der Waals surface area contributed by atoms with E-state index in [-0.39, 0.29) is 12.4 Å².